The smallest absolute Gasteiger partial charge is 0.212 e. The molecule has 0 radical (unpaired) electrons. The van der Waals surface area contributed by atoms with E-state index in [2.05, 4.69) is 24.0 Å². The normalized spacial score (nSPS) is 14.9. The number of aromatic nitrogens is 2. The predicted octanol–water partition coefficient (Wildman–Crippen LogP) is 3.76. The second kappa shape index (κ2) is 5.71. The van der Waals surface area contributed by atoms with Crippen molar-refractivity contribution >= 4 is 22.3 Å². The molecule has 0 atom stereocenters. The highest BCUT2D eigenvalue weighted by molar-refractivity contribution is 6.30. The lowest BCUT2D eigenvalue weighted by Crippen LogP contribution is -2.23. The fourth-order valence-corrected chi connectivity index (χ4v) is 3.26. The number of carbonyl (C=O) groups excluding carboxylic acids is 1. The number of aliphatic imine (C=N–C) groups is 1. The van der Waals surface area contributed by atoms with Gasteiger partial charge in [-0.25, -0.2) is 4.98 Å². The van der Waals surface area contributed by atoms with Crippen molar-refractivity contribution in [1.29, 1.82) is 0 Å². The lowest BCUT2D eigenvalue weighted by Gasteiger charge is -2.19. The Morgan fingerprint density at radius 1 is 1.12 bits per heavy atom. The van der Waals surface area contributed by atoms with Crippen molar-refractivity contribution in [1.82, 2.24) is 9.55 Å². The number of rotatable bonds is 3. The number of hydrogen-bond acceptors (Lipinski definition) is 3. The zero-order valence-electron chi connectivity index (χ0n) is 13.9. The maximum absolute atomic E-state index is 13.0. The molecule has 0 bridgehead atoms. The molecule has 0 aliphatic heterocycles. The van der Waals surface area contributed by atoms with Gasteiger partial charge in [0.1, 0.15) is 11.4 Å². The second-order valence-corrected chi connectivity index (χ2v) is 6.21. The van der Waals surface area contributed by atoms with Gasteiger partial charge in [-0.1, -0.05) is 37.6 Å². The summed E-state index contributed by atoms with van der Waals surface area (Å²) in [5, 5.41) is 2.19. The third-order valence-electron chi connectivity index (χ3n) is 4.54. The molecule has 0 spiro atoms. The lowest BCUT2D eigenvalue weighted by molar-refractivity contribution is 0.103. The van der Waals surface area contributed by atoms with Crippen LogP contribution in [0.25, 0.3) is 10.8 Å². The molecule has 2 aromatic carbocycles. The largest absolute Gasteiger partial charge is 0.330 e. The van der Waals surface area contributed by atoms with Gasteiger partial charge in [0.2, 0.25) is 5.78 Å². The monoisotopic (exact) mass is 317 g/mol. The molecule has 0 saturated heterocycles. The Balaban J connectivity index is 1.98. The molecule has 1 aliphatic rings. The zero-order chi connectivity index (χ0) is 16.7. The van der Waals surface area contributed by atoms with Crippen LogP contribution in [0.1, 0.15) is 47.1 Å². The summed E-state index contributed by atoms with van der Waals surface area (Å²) in [7, 11) is 1.86. The zero-order valence-corrected chi connectivity index (χ0v) is 13.9. The Labute approximate surface area is 140 Å². The fraction of sp³-hybridized carbons (Fsp3) is 0.250. The van der Waals surface area contributed by atoms with E-state index >= 15 is 0 Å². The molecule has 120 valence electrons. The van der Waals surface area contributed by atoms with E-state index < -0.39 is 0 Å². The predicted molar refractivity (Wildman–Crippen MR) is 96.0 cm³/mol. The average Bonchev–Trinajstić information content (AvgIpc) is 2.98. The Kier molecular flexibility index (Phi) is 3.53. The van der Waals surface area contributed by atoms with Crippen LogP contribution in [0.3, 0.4) is 0 Å². The van der Waals surface area contributed by atoms with Crippen molar-refractivity contribution in [3.05, 3.63) is 65.2 Å². The van der Waals surface area contributed by atoms with Gasteiger partial charge in [-0.2, -0.15) is 0 Å². The highest BCUT2D eigenvalue weighted by Crippen LogP contribution is 2.30. The minimum absolute atomic E-state index is 0.0280. The van der Waals surface area contributed by atoms with Crippen molar-refractivity contribution in [2.24, 2.45) is 12.0 Å². The van der Waals surface area contributed by atoms with Crippen LogP contribution < -0.4 is 0 Å². The van der Waals surface area contributed by atoms with Crippen LogP contribution in [0.2, 0.25) is 0 Å². The Hall–Kier alpha value is -2.75. The molecule has 4 nitrogen and oxygen atoms in total. The third kappa shape index (κ3) is 2.18. The van der Waals surface area contributed by atoms with Gasteiger partial charge in [0.15, 0.2) is 0 Å². The van der Waals surface area contributed by atoms with Gasteiger partial charge in [-0.05, 0) is 29.3 Å². The van der Waals surface area contributed by atoms with E-state index in [1.807, 2.05) is 31.3 Å². The van der Waals surface area contributed by atoms with E-state index in [1.165, 1.54) is 0 Å². The Morgan fingerprint density at radius 2 is 1.83 bits per heavy atom. The molecule has 1 aliphatic carbocycles. The summed E-state index contributed by atoms with van der Waals surface area (Å²) >= 11 is 0. The number of hydrogen-bond donors (Lipinski definition) is 0. The molecule has 4 rings (SSSR count). The van der Waals surface area contributed by atoms with Crippen LogP contribution in [0.4, 0.5) is 0 Å². The molecule has 0 fully saturated rings. The number of ketones is 1. The minimum atomic E-state index is 0.0280. The molecule has 24 heavy (non-hydrogen) atoms. The van der Waals surface area contributed by atoms with E-state index in [4.69, 9.17) is 4.99 Å². The SMILES string of the molecule is CCCC/N=C1/c2cc3ccccc3cc2C(=O)c2c1ncn2C. The van der Waals surface area contributed by atoms with Gasteiger partial charge in [0.05, 0.1) is 12.0 Å². The number of carbonyl (C=O) groups is 1. The van der Waals surface area contributed by atoms with E-state index in [1.54, 1.807) is 10.9 Å². The average molecular weight is 317 g/mol. The van der Waals surface area contributed by atoms with Gasteiger partial charge in [0, 0.05) is 24.7 Å². The van der Waals surface area contributed by atoms with Crippen molar-refractivity contribution in [3.63, 3.8) is 0 Å². The quantitative estimate of drug-likeness (QED) is 0.540. The maximum Gasteiger partial charge on any atom is 0.212 e. The van der Waals surface area contributed by atoms with E-state index in [9.17, 15) is 4.79 Å². The van der Waals surface area contributed by atoms with Gasteiger partial charge >= 0.3 is 0 Å². The van der Waals surface area contributed by atoms with Crippen molar-refractivity contribution in [2.45, 2.75) is 19.8 Å². The van der Waals surface area contributed by atoms with Crippen LogP contribution in [0, 0.1) is 0 Å². The van der Waals surface area contributed by atoms with Crippen molar-refractivity contribution in [2.75, 3.05) is 6.54 Å². The topological polar surface area (TPSA) is 47.2 Å². The van der Waals surface area contributed by atoms with Gasteiger partial charge < -0.3 is 4.57 Å². The first-order valence-corrected chi connectivity index (χ1v) is 8.34. The molecule has 1 heterocycles. The first-order valence-electron chi connectivity index (χ1n) is 8.34. The van der Waals surface area contributed by atoms with E-state index in [0.29, 0.717) is 11.4 Å². The number of unbranched alkanes of at least 4 members (excludes halogenated alkanes) is 1. The second-order valence-electron chi connectivity index (χ2n) is 6.21. The molecule has 0 amide bonds. The summed E-state index contributed by atoms with van der Waals surface area (Å²) in [5.74, 6) is 0.0280. The van der Waals surface area contributed by atoms with Crippen LogP contribution in [-0.2, 0) is 7.05 Å². The van der Waals surface area contributed by atoms with Crippen LogP contribution in [0.15, 0.2) is 47.7 Å². The number of nitrogens with zero attached hydrogens (tertiary/aromatic N) is 3. The number of fused-ring (bicyclic) bond motifs is 3. The molecule has 0 unspecified atom stereocenters. The highest BCUT2D eigenvalue weighted by Gasteiger charge is 2.32. The molecule has 1 aromatic heterocycles. The van der Waals surface area contributed by atoms with Crippen LogP contribution in [-0.4, -0.2) is 27.6 Å². The first kappa shape index (κ1) is 14.8. The molecule has 0 saturated carbocycles. The summed E-state index contributed by atoms with van der Waals surface area (Å²) < 4.78 is 1.80. The summed E-state index contributed by atoms with van der Waals surface area (Å²) in [6, 6.07) is 12.2. The number of aryl methyl sites for hydroxylation is 1. The summed E-state index contributed by atoms with van der Waals surface area (Å²) in [4.78, 5) is 22.2. The van der Waals surface area contributed by atoms with Gasteiger partial charge in [-0.3, -0.25) is 9.79 Å². The molecular weight excluding hydrogens is 298 g/mol. The fourth-order valence-electron chi connectivity index (χ4n) is 3.26. The maximum atomic E-state index is 13.0. The summed E-state index contributed by atoms with van der Waals surface area (Å²) in [6.45, 7) is 2.90. The lowest BCUT2D eigenvalue weighted by atomic mass is 9.87. The van der Waals surface area contributed by atoms with E-state index in [-0.39, 0.29) is 5.78 Å². The summed E-state index contributed by atoms with van der Waals surface area (Å²) in [6.07, 6.45) is 3.82. The molecule has 3 aromatic rings. The number of benzene rings is 2. The molecule has 0 N–H and O–H groups in total. The van der Waals surface area contributed by atoms with Crippen LogP contribution in [0.5, 0.6) is 0 Å². The molecular formula is C20H19N3O. The van der Waals surface area contributed by atoms with Gasteiger partial charge in [-0.15, -0.1) is 0 Å². The standard InChI is InChI=1S/C20H19N3O/c1-3-4-9-21-17-15-10-13-7-5-6-8-14(13)11-16(15)20(24)19-18(17)22-12-23(19)2/h5-8,10-12H,3-4,9H2,1-2H3/b21-17-. The molecule has 4 heteroatoms. The van der Waals surface area contributed by atoms with Crippen LogP contribution >= 0.6 is 0 Å². The van der Waals surface area contributed by atoms with Gasteiger partial charge in [0.25, 0.3) is 0 Å². The third-order valence-corrected chi connectivity index (χ3v) is 4.54. The Morgan fingerprint density at radius 3 is 2.54 bits per heavy atom. The van der Waals surface area contributed by atoms with Crippen molar-refractivity contribution in [3.8, 4) is 0 Å². The first-order chi connectivity index (χ1) is 11.7. The Bertz CT molecular complexity index is 982. The van der Waals surface area contributed by atoms with Crippen molar-refractivity contribution < 1.29 is 4.79 Å². The summed E-state index contributed by atoms with van der Waals surface area (Å²) in [5.41, 5.74) is 3.81. The van der Waals surface area contributed by atoms with E-state index in [0.717, 1.165) is 47.0 Å². The minimum Gasteiger partial charge on any atom is -0.330 e. The highest BCUT2D eigenvalue weighted by atomic mass is 16.1. The number of imidazole rings is 1.